The van der Waals surface area contributed by atoms with Crippen LogP contribution in [0.5, 0.6) is 0 Å². The van der Waals surface area contributed by atoms with Crippen molar-refractivity contribution in [3.8, 4) is 0 Å². The van der Waals surface area contributed by atoms with Gasteiger partial charge in [0.1, 0.15) is 0 Å². The van der Waals surface area contributed by atoms with Gasteiger partial charge in [-0.1, -0.05) is 31.9 Å². The highest BCUT2D eigenvalue weighted by molar-refractivity contribution is 6.01. The summed E-state index contributed by atoms with van der Waals surface area (Å²) in [4.78, 5) is 11.7. The maximum Gasteiger partial charge on any atom is 0.178 e. The number of allylic oxidation sites excluding steroid dienone is 4. The van der Waals surface area contributed by atoms with Crippen molar-refractivity contribution in [3.63, 3.8) is 0 Å². The summed E-state index contributed by atoms with van der Waals surface area (Å²) in [5.74, 6) is 2.84. The van der Waals surface area contributed by atoms with Gasteiger partial charge in [-0.2, -0.15) is 0 Å². The fourth-order valence-corrected chi connectivity index (χ4v) is 6.19. The Hall–Kier alpha value is -0.850. The lowest BCUT2D eigenvalue weighted by molar-refractivity contribution is -0.111. The quantitative estimate of drug-likeness (QED) is 0.624. The Balaban J connectivity index is 1.71. The van der Waals surface area contributed by atoms with Crippen molar-refractivity contribution in [1.82, 2.24) is 0 Å². The second-order valence-electron chi connectivity index (χ2n) is 8.19. The van der Waals surface area contributed by atoms with Crippen LogP contribution in [0.2, 0.25) is 0 Å². The predicted molar refractivity (Wildman–Crippen MR) is 81.2 cm³/mol. The van der Waals surface area contributed by atoms with E-state index in [0.717, 1.165) is 24.2 Å². The summed E-state index contributed by atoms with van der Waals surface area (Å²) in [5, 5.41) is 0. The molecule has 20 heavy (non-hydrogen) atoms. The van der Waals surface area contributed by atoms with Gasteiger partial charge in [0.05, 0.1) is 0 Å². The molecule has 0 aromatic heterocycles. The van der Waals surface area contributed by atoms with Crippen LogP contribution in [0.1, 0.15) is 58.8 Å². The number of fused-ring (bicyclic) bond motifs is 5. The van der Waals surface area contributed by atoms with Crippen LogP contribution in [0.15, 0.2) is 23.8 Å². The summed E-state index contributed by atoms with van der Waals surface area (Å²) < 4.78 is 0. The first-order valence-corrected chi connectivity index (χ1v) is 8.47. The summed E-state index contributed by atoms with van der Waals surface area (Å²) in [7, 11) is 0. The molecule has 0 aromatic rings. The average molecular weight is 270 g/mol. The Morgan fingerprint density at radius 2 is 1.95 bits per heavy atom. The molecule has 0 spiro atoms. The molecule has 1 nitrogen and oxygen atoms in total. The summed E-state index contributed by atoms with van der Waals surface area (Å²) in [5.41, 5.74) is 2.24. The van der Waals surface area contributed by atoms with E-state index in [1.54, 1.807) is 0 Å². The van der Waals surface area contributed by atoms with E-state index in [4.69, 9.17) is 0 Å². The van der Waals surface area contributed by atoms with Crippen LogP contribution in [0.25, 0.3) is 0 Å². The molecule has 0 saturated heterocycles. The van der Waals surface area contributed by atoms with E-state index >= 15 is 0 Å². The van der Waals surface area contributed by atoms with Crippen molar-refractivity contribution < 1.29 is 4.79 Å². The fraction of sp³-hybridized carbons (Fsp3) is 0.737. The summed E-state index contributed by atoms with van der Waals surface area (Å²) in [6.07, 6.45) is 15.6. The molecular weight excluding hydrogens is 244 g/mol. The van der Waals surface area contributed by atoms with Crippen molar-refractivity contribution in [1.29, 1.82) is 0 Å². The minimum Gasteiger partial charge on any atom is -0.290 e. The van der Waals surface area contributed by atoms with Crippen molar-refractivity contribution in [3.05, 3.63) is 23.8 Å². The van der Waals surface area contributed by atoms with Crippen LogP contribution < -0.4 is 0 Å². The third-order valence-corrected chi connectivity index (χ3v) is 7.34. The molecule has 0 aromatic carbocycles. The van der Waals surface area contributed by atoms with Gasteiger partial charge in [0.2, 0.25) is 0 Å². The van der Waals surface area contributed by atoms with Crippen molar-refractivity contribution >= 4 is 5.78 Å². The molecule has 0 heterocycles. The lowest BCUT2D eigenvalue weighted by Crippen LogP contribution is -2.48. The zero-order valence-corrected chi connectivity index (χ0v) is 12.8. The highest BCUT2D eigenvalue weighted by Crippen LogP contribution is 2.64. The smallest absolute Gasteiger partial charge is 0.178 e. The standard InChI is InChI=1S/C19H26O/c1-18-9-3-4-16(18)15-6-5-13-12-14(20)7-11-19(13,2)17(15)8-10-18/h7,11-12,15-17H,3-6,8-10H2,1-2H3/t15-,16-,17-,18-,19-/m0/s1. The topological polar surface area (TPSA) is 17.1 Å². The molecule has 3 saturated carbocycles. The lowest BCUT2D eigenvalue weighted by Gasteiger charge is -2.56. The third kappa shape index (κ3) is 1.58. The van der Waals surface area contributed by atoms with E-state index in [9.17, 15) is 4.79 Å². The molecule has 3 fully saturated rings. The van der Waals surface area contributed by atoms with E-state index in [0.29, 0.717) is 5.41 Å². The second-order valence-corrected chi connectivity index (χ2v) is 8.19. The van der Waals surface area contributed by atoms with Gasteiger partial charge in [0.15, 0.2) is 5.78 Å². The number of carbonyl (C=O) groups excluding carboxylic acids is 1. The van der Waals surface area contributed by atoms with Gasteiger partial charge in [-0.15, -0.1) is 0 Å². The van der Waals surface area contributed by atoms with E-state index in [1.165, 1.54) is 44.1 Å². The average Bonchev–Trinajstić information content (AvgIpc) is 2.81. The molecule has 0 bridgehead atoms. The first kappa shape index (κ1) is 12.9. The molecule has 0 N–H and O–H groups in total. The highest BCUT2D eigenvalue weighted by Gasteiger charge is 2.55. The molecule has 0 radical (unpaired) electrons. The summed E-state index contributed by atoms with van der Waals surface area (Å²) in [6, 6.07) is 0. The maximum absolute atomic E-state index is 11.7. The van der Waals surface area contributed by atoms with Crippen LogP contribution in [-0.2, 0) is 4.79 Å². The molecule has 4 rings (SSSR count). The summed E-state index contributed by atoms with van der Waals surface area (Å²) in [6.45, 7) is 4.95. The monoisotopic (exact) mass is 270 g/mol. The summed E-state index contributed by atoms with van der Waals surface area (Å²) >= 11 is 0. The lowest BCUT2D eigenvalue weighted by atomic mass is 9.48. The van der Waals surface area contributed by atoms with Gasteiger partial charge in [-0.3, -0.25) is 4.79 Å². The van der Waals surface area contributed by atoms with Gasteiger partial charge < -0.3 is 0 Å². The maximum atomic E-state index is 11.7. The van der Waals surface area contributed by atoms with Gasteiger partial charge in [0.25, 0.3) is 0 Å². The van der Waals surface area contributed by atoms with Crippen LogP contribution in [0, 0.1) is 28.6 Å². The number of hydrogen-bond acceptors (Lipinski definition) is 1. The van der Waals surface area contributed by atoms with E-state index in [2.05, 4.69) is 19.9 Å². The Morgan fingerprint density at radius 3 is 2.80 bits per heavy atom. The van der Waals surface area contributed by atoms with Gasteiger partial charge in [-0.05, 0) is 73.8 Å². The molecule has 4 aliphatic rings. The molecule has 4 aliphatic carbocycles. The Bertz CT molecular complexity index is 514. The van der Waals surface area contributed by atoms with Crippen LogP contribution in [0.3, 0.4) is 0 Å². The molecule has 108 valence electrons. The molecule has 5 atom stereocenters. The molecule has 0 aliphatic heterocycles. The molecular formula is C19H26O. The van der Waals surface area contributed by atoms with Gasteiger partial charge >= 0.3 is 0 Å². The molecule has 1 heteroatoms. The Morgan fingerprint density at radius 1 is 1.10 bits per heavy atom. The normalized spacial score (nSPS) is 50.2. The zero-order valence-electron chi connectivity index (χ0n) is 12.8. The largest absolute Gasteiger partial charge is 0.290 e. The van der Waals surface area contributed by atoms with E-state index in [-0.39, 0.29) is 11.2 Å². The fourth-order valence-electron chi connectivity index (χ4n) is 6.19. The first-order valence-electron chi connectivity index (χ1n) is 8.47. The number of rotatable bonds is 0. The Kier molecular flexibility index (Phi) is 2.63. The molecule has 0 amide bonds. The van der Waals surface area contributed by atoms with Crippen LogP contribution >= 0.6 is 0 Å². The SMILES string of the molecule is C[C@@]12CCC[C@H]1[C@@H]1CCC3=CC(=O)C=C[C@]3(C)[C@H]1CC2. The van der Waals surface area contributed by atoms with Crippen LogP contribution in [0.4, 0.5) is 0 Å². The van der Waals surface area contributed by atoms with Gasteiger partial charge in [0, 0.05) is 5.41 Å². The van der Waals surface area contributed by atoms with Crippen molar-refractivity contribution in [2.45, 2.75) is 58.8 Å². The second kappa shape index (κ2) is 4.08. The third-order valence-electron chi connectivity index (χ3n) is 7.34. The minimum absolute atomic E-state index is 0.181. The predicted octanol–water partition coefficient (Wildman–Crippen LogP) is 4.68. The van der Waals surface area contributed by atoms with Crippen molar-refractivity contribution in [2.24, 2.45) is 28.6 Å². The van der Waals surface area contributed by atoms with Crippen molar-refractivity contribution in [2.75, 3.05) is 0 Å². The van der Waals surface area contributed by atoms with Crippen LogP contribution in [-0.4, -0.2) is 5.78 Å². The number of ketones is 1. The zero-order chi connectivity index (χ0) is 14.0. The number of carbonyl (C=O) groups is 1. The van der Waals surface area contributed by atoms with Gasteiger partial charge in [-0.25, -0.2) is 0 Å². The number of hydrogen-bond donors (Lipinski definition) is 0. The minimum atomic E-state index is 0.181. The first-order chi connectivity index (χ1) is 9.53. The highest BCUT2D eigenvalue weighted by atomic mass is 16.1. The Labute approximate surface area is 122 Å². The molecule has 0 unspecified atom stereocenters. The van der Waals surface area contributed by atoms with E-state index < -0.39 is 0 Å². The van der Waals surface area contributed by atoms with E-state index in [1.807, 2.05) is 12.2 Å².